The Morgan fingerprint density at radius 1 is 1.45 bits per heavy atom. The molecule has 7 heteroatoms. The van der Waals surface area contributed by atoms with Gasteiger partial charge >= 0.3 is 6.09 Å². The lowest BCUT2D eigenvalue weighted by atomic mass is 10.2. The van der Waals surface area contributed by atoms with Gasteiger partial charge in [-0.2, -0.15) is 0 Å². The fourth-order valence-corrected chi connectivity index (χ4v) is 2.48. The van der Waals surface area contributed by atoms with Crippen molar-refractivity contribution >= 4 is 23.0 Å². The summed E-state index contributed by atoms with van der Waals surface area (Å²) < 4.78 is 6.81. The zero-order valence-corrected chi connectivity index (χ0v) is 12.6. The number of aryl methyl sites for hydroxylation is 2. The van der Waals surface area contributed by atoms with Crippen molar-refractivity contribution in [2.75, 3.05) is 19.7 Å². The maximum absolute atomic E-state index is 11.9. The molecular weight excluding hydrogens is 284 g/mol. The minimum atomic E-state index is -0.430. The number of carbonyl (C=O) groups excluding carboxylic acids is 2. The first-order valence-corrected chi connectivity index (χ1v) is 7.15. The Hall–Kier alpha value is -2.57. The van der Waals surface area contributed by atoms with E-state index in [9.17, 15) is 9.59 Å². The number of amides is 2. The van der Waals surface area contributed by atoms with E-state index < -0.39 is 6.09 Å². The molecule has 0 radical (unpaired) electrons. The highest BCUT2D eigenvalue weighted by Gasteiger charge is 2.23. The first-order valence-electron chi connectivity index (χ1n) is 7.15. The van der Waals surface area contributed by atoms with Gasteiger partial charge in [0, 0.05) is 13.6 Å². The van der Waals surface area contributed by atoms with Crippen LogP contribution in [0.4, 0.5) is 4.79 Å². The summed E-state index contributed by atoms with van der Waals surface area (Å²) in [5.41, 5.74) is 2.95. The number of nitrogens with zero attached hydrogens (tertiary/aromatic N) is 3. The van der Waals surface area contributed by atoms with Crippen LogP contribution in [-0.4, -0.2) is 46.1 Å². The number of fused-ring (bicyclic) bond motifs is 1. The summed E-state index contributed by atoms with van der Waals surface area (Å²) in [4.78, 5) is 29.0. The molecule has 1 aliphatic rings. The molecule has 2 heterocycles. The molecule has 3 rings (SSSR count). The Bertz CT molecular complexity index is 738. The first kappa shape index (κ1) is 14.4. The molecule has 0 bridgehead atoms. The molecule has 1 aromatic carbocycles. The lowest BCUT2D eigenvalue weighted by molar-refractivity contribution is -0.121. The Morgan fingerprint density at radius 2 is 2.27 bits per heavy atom. The molecule has 1 saturated heterocycles. The number of carbonyl (C=O) groups is 2. The molecule has 1 aromatic heterocycles. The first-order chi connectivity index (χ1) is 10.5. The van der Waals surface area contributed by atoms with Gasteiger partial charge in [0.1, 0.15) is 19.0 Å². The van der Waals surface area contributed by atoms with Gasteiger partial charge in [-0.15, -0.1) is 0 Å². The summed E-state index contributed by atoms with van der Waals surface area (Å²) in [6, 6.07) is 5.93. The monoisotopic (exact) mass is 302 g/mol. The molecule has 1 aliphatic heterocycles. The van der Waals surface area contributed by atoms with Gasteiger partial charge in [-0.05, 0) is 24.6 Å². The number of benzene rings is 1. The molecule has 0 spiro atoms. The van der Waals surface area contributed by atoms with Crippen molar-refractivity contribution in [3.05, 3.63) is 29.6 Å². The molecule has 2 aromatic rings. The lowest BCUT2D eigenvalue weighted by Crippen LogP contribution is -2.37. The van der Waals surface area contributed by atoms with Crippen LogP contribution in [0.15, 0.2) is 18.2 Å². The van der Waals surface area contributed by atoms with Gasteiger partial charge in [-0.1, -0.05) is 6.07 Å². The minimum Gasteiger partial charge on any atom is -0.448 e. The van der Waals surface area contributed by atoms with Gasteiger partial charge in [0.25, 0.3) is 0 Å². The maximum Gasteiger partial charge on any atom is 0.410 e. The average Bonchev–Trinajstić information content (AvgIpc) is 3.01. The third kappa shape index (κ3) is 2.74. The smallest absolute Gasteiger partial charge is 0.410 e. The summed E-state index contributed by atoms with van der Waals surface area (Å²) in [7, 11) is 1.97. The van der Waals surface area contributed by atoms with E-state index in [1.54, 1.807) is 0 Å². The van der Waals surface area contributed by atoms with E-state index in [2.05, 4.69) is 10.3 Å². The van der Waals surface area contributed by atoms with Crippen molar-refractivity contribution in [1.29, 1.82) is 0 Å². The van der Waals surface area contributed by atoms with E-state index in [1.807, 2.05) is 36.7 Å². The molecule has 0 saturated carbocycles. The largest absolute Gasteiger partial charge is 0.448 e. The number of cyclic esters (lactones) is 1. The van der Waals surface area contributed by atoms with E-state index in [0.29, 0.717) is 19.7 Å². The average molecular weight is 302 g/mol. The quantitative estimate of drug-likeness (QED) is 0.912. The number of aromatic nitrogens is 2. The van der Waals surface area contributed by atoms with E-state index in [4.69, 9.17) is 4.74 Å². The zero-order chi connectivity index (χ0) is 15.7. The summed E-state index contributed by atoms with van der Waals surface area (Å²) >= 11 is 0. The third-order valence-corrected chi connectivity index (χ3v) is 3.84. The molecule has 0 unspecified atom stereocenters. The van der Waals surface area contributed by atoms with E-state index in [1.165, 1.54) is 4.90 Å². The molecule has 7 nitrogen and oxygen atoms in total. The molecule has 2 amide bonds. The van der Waals surface area contributed by atoms with Crippen molar-refractivity contribution in [2.45, 2.75) is 13.5 Å². The highest BCUT2D eigenvalue weighted by molar-refractivity contribution is 5.83. The van der Waals surface area contributed by atoms with Gasteiger partial charge in [0.05, 0.1) is 17.6 Å². The van der Waals surface area contributed by atoms with Crippen LogP contribution in [0.5, 0.6) is 0 Å². The van der Waals surface area contributed by atoms with Gasteiger partial charge in [-0.3, -0.25) is 9.69 Å². The molecular formula is C15H18N4O3. The molecule has 116 valence electrons. The second-order valence-electron chi connectivity index (χ2n) is 5.35. The van der Waals surface area contributed by atoms with Crippen molar-refractivity contribution in [2.24, 2.45) is 7.05 Å². The molecule has 0 aliphatic carbocycles. The van der Waals surface area contributed by atoms with Gasteiger partial charge in [0.15, 0.2) is 0 Å². The van der Waals surface area contributed by atoms with Crippen LogP contribution in [0.3, 0.4) is 0 Å². The lowest BCUT2D eigenvalue weighted by Gasteiger charge is -2.12. The minimum absolute atomic E-state index is 0.0315. The summed E-state index contributed by atoms with van der Waals surface area (Å²) in [5, 5.41) is 2.81. The second-order valence-corrected chi connectivity index (χ2v) is 5.35. The van der Waals surface area contributed by atoms with Crippen LogP contribution in [0.1, 0.15) is 11.4 Å². The normalized spacial score (nSPS) is 14.5. The molecule has 0 atom stereocenters. The Morgan fingerprint density at radius 3 is 3.00 bits per heavy atom. The summed E-state index contributed by atoms with van der Waals surface area (Å²) in [5.74, 6) is 0.750. The number of rotatable bonds is 4. The standard InChI is InChI=1S/C15H18N4O3/c1-10-17-12-7-11(3-4-13(12)18(10)2)8-16-14(20)9-19-5-6-22-15(19)21/h3-4,7H,5-6,8-9H2,1-2H3,(H,16,20). The number of nitrogens with one attached hydrogen (secondary N) is 1. The Kier molecular flexibility index (Phi) is 3.70. The van der Waals surface area contributed by atoms with Crippen molar-refractivity contribution in [3.63, 3.8) is 0 Å². The molecule has 22 heavy (non-hydrogen) atoms. The number of hydrogen-bond acceptors (Lipinski definition) is 4. The van der Waals surface area contributed by atoms with Crippen LogP contribution in [0.25, 0.3) is 11.0 Å². The van der Waals surface area contributed by atoms with Crippen LogP contribution < -0.4 is 5.32 Å². The van der Waals surface area contributed by atoms with E-state index >= 15 is 0 Å². The zero-order valence-electron chi connectivity index (χ0n) is 12.6. The van der Waals surface area contributed by atoms with Crippen LogP contribution in [0, 0.1) is 6.92 Å². The second kappa shape index (κ2) is 5.67. The Balaban J connectivity index is 1.61. The Labute approximate surface area is 127 Å². The predicted octanol–water partition coefficient (Wildman–Crippen LogP) is 0.950. The van der Waals surface area contributed by atoms with E-state index in [-0.39, 0.29) is 12.5 Å². The highest BCUT2D eigenvalue weighted by Crippen LogP contribution is 2.16. The van der Waals surface area contributed by atoms with Crippen LogP contribution >= 0.6 is 0 Å². The van der Waals surface area contributed by atoms with Gasteiger partial charge in [0.2, 0.25) is 5.91 Å². The number of hydrogen-bond donors (Lipinski definition) is 1. The fraction of sp³-hybridized carbons (Fsp3) is 0.400. The van der Waals surface area contributed by atoms with Crippen molar-refractivity contribution in [1.82, 2.24) is 19.8 Å². The van der Waals surface area contributed by atoms with E-state index in [0.717, 1.165) is 22.4 Å². The van der Waals surface area contributed by atoms with Crippen molar-refractivity contribution in [3.8, 4) is 0 Å². The topological polar surface area (TPSA) is 76.5 Å². The van der Waals surface area contributed by atoms with Crippen LogP contribution in [-0.2, 0) is 23.1 Å². The van der Waals surface area contributed by atoms with Crippen molar-refractivity contribution < 1.29 is 14.3 Å². The van der Waals surface area contributed by atoms with Crippen LogP contribution in [0.2, 0.25) is 0 Å². The predicted molar refractivity (Wildman–Crippen MR) is 80.2 cm³/mol. The summed E-state index contributed by atoms with van der Waals surface area (Å²) in [6.07, 6.45) is -0.430. The fourth-order valence-electron chi connectivity index (χ4n) is 2.48. The molecule has 1 N–H and O–H groups in total. The van der Waals surface area contributed by atoms with Gasteiger partial charge in [-0.25, -0.2) is 9.78 Å². The van der Waals surface area contributed by atoms with Gasteiger partial charge < -0.3 is 14.6 Å². The summed E-state index contributed by atoms with van der Waals surface area (Å²) in [6.45, 7) is 3.21. The number of ether oxygens (including phenoxy) is 1. The third-order valence-electron chi connectivity index (χ3n) is 3.84. The molecule has 1 fully saturated rings. The highest BCUT2D eigenvalue weighted by atomic mass is 16.6. The SMILES string of the molecule is Cc1nc2cc(CNC(=O)CN3CCOC3=O)ccc2n1C. The number of imidazole rings is 1. The maximum atomic E-state index is 11.9.